The molecule has 146 valence electrons. The summed E-state index contributed by atoms with van der Waals surface area (Å²) in [6, 6.07) is 14.1. The Morgan fingerprint density at radius 3 is 2.46 bits per heavy atom. The molecule has 0 saturated carbocycles. The van der Waals surface area contributed by atoms with Gasteiger partial charge in [0.25, 0.3) is 10.0 Å². The summed E-state index contributed by atoms with van der Waals surface area (Å²) in [6.07, 6.45) is -4.65. The van der Waals surface area contributed by atoms with Gasteiger partial charge in [-0.2, -0.15) is 31.5 Å². The van der Waals surface area contributed by atoms with E-state index in [2.05, 4.69) is 10.3 Å². The van der Waals surface area contributed by atoms with Crippen LogP contribution in [0.2, 0.25) is 0 Å². The fourth-order valence-corrected chi connectivity index (χ4v) is 3.17. The molecule has 0 atom stereocenters. The Bertz CT molecular complexity index is 1110. The highest BCUT2D eigenvalue weighted by Gasteiger charge is 2.31. The molecule has 3 rings (SSSR count). The lowest BCUT2D eigenvalue weighted by molar-refractivity contribution is -0.137. The average Bonchev–Trinajstić information content (AvgIpc) is 3.17. The monoisotopic (exact) mass is 409 g/mol. The first-order valence-electron chi connectivity index (χ1n) is 7.93. The summed E-state index contributed by atoms with van der Waals surface area (Å²) in [6.45, 7) is 1.48. The molecule has 0 fully saturated rings. The van der Waals surface area contributed by atoms with Crippen molar-refractivity contribution in [3.63, 3.8) is 0 Å². The first-order valence-corrected chi connectivity index (χ1v) is 9.41. The zero-order valence-corrected chi connectivity index (χ0v) is 15.3. The molecule has 3 aromatic rings. The van der Waals surface area contributed by atoms with Gasteiger partial charge in [0.15, 0.2) is 5.76 Å². The van der Waals surface area contributed by atoms with Gasteiger partial charge in [0.1, 0.15) is 11.4 Å². The van der Waals surface area contributed by atoms with Crippen molar-refractivity contribution in [2.45, 2.75) is 18.0 Å². The highest BCUT2D eigenvalue weighted by Crippen LogP contribution is 2.30. The summed E-state index contributed by atoms with van der Waals surface area (Å²) in [5, 5.41) is 7.60. The van der Waals surface area contributed by atoms with E-state index in [0.29, 0.717) is 11.8 Å². The first-order chi connectivity index (χ1) is 13.2. The van der Waals surface area contributed by atoms with Crippen LogP contribution in [-0.2, 0) is 16.2 Å². The van der Waals surface area contributed by atoms with Crippen molar-refractivity contribution in [2.75, 3.05) is 0 Å². The van der Waals surface area contributed by atoms with Crippen LogP contribution in [0.15, 0.2) is 75.2 Å². The standard InChI is InChI=1S/C18H14F3N3O3S/c1-12(17-11-16(23-27-17)13-6-3-2-4-7-13)22-24-28(25,26)15-9-5-8-14(10-15)18(19,20)21/h2-11,24H,1H3. The van der Waals surface area contributed by atoms with Crippen molar-refractivity contribution in [1.29, 1.82) is 0 Å². The molecule has 0 aliphatic heterocycles. The maximum atomic E-state index is 12.8. The van der Waals surface area contributed by atoms with Gasteiger partial charge < -0.3 is 4.52 Å². The topological polar surface area (TPSA) is 84.6 Å². The van der Waals surface area contributed by atoms with Crippen LogP contribution in [0.25, 0.3) is 11.3 Å². The lowest BCUT2D eigenvalue weighted by Gasteiger charge is -2.09. The van der Waals surface area contributed by atoms with Gasteiger partial charge in [-0.25, -0.2) is 0 Å². The lowest BCUT2D eigenvalue weighted by atomic mass is 10.1. The number of hydrogen-bond donors (Lipinski definition) is 1. The number of aromatic nitrogens is 1. The van der Waals surface area contributed by atoms with E-state index in [1.54, 1.807) is 6.07 Å². The van der Waals surface area contributed by atoms with Gasteiger partial charge in [-0.3, -0.25) is 0 Å². The lowest BCUT2D eigenvalue weighted by Crippen LogP contribution is -2.20. The Balaban J connectivity index is 1.80. The van der Waals surface area contributed by atoms with Crippen molar-refractivity contribution in [3.8, 4) is 11.3 Å². The van der Waals surface area contributed by atoms with Crippen LogP contribution in [-0.4, -0.2) is 19.3 Å². The van der Waals surface area contributed by atoms with Crippen molar-refractivity contribution in [1.82, 2.24) is 9.99 Å². The number of nitrogens with zero attached hydrogens (tertiary/aromatic N) is 2. The molecule has 2 aromatic carbocycles. The number of hydrogen-bond acceptors (Lipinski definition) is 5. The van der Waals surface area contributed by atoms with Crippen LogP contribution < -0.4 is 4.83 Å². The SMILES string of the molecule is CC(=NNS(=O)(=O)c1cccc(C(F)(F)F)c1)c1cc(-c2ccccc2)no1. The van der Waals surface area contributed by atoms with E-state index < -0.39 is 26.7 Å². The van der Waals surface area contributed by atoms with Gasteiger partial charge in [-0.15, -0.1) is 0 Å². The molecule has 1 N–H and O–H groups in total. The molecular formula is C18H14F3N3O3S. The molecule has 0 saturated heterocycles. The average molecular weight is 409 g/mol. The van der Waals surface area contributed by atoms with E-state index in [0.717, 1.165) is 23.8 Å². The minimum absolute atomic E-state index is 0.158. The van der Waals surface area contributed by atoms with Crippen LogP contribution in [0.4, 0.5) is 13.2 Å². The molecule has 1 heterocycles. The van der Waals surface area contributed by atoms with Crippen molar-refractivity contribution in [3.05, 3.63) is 72.0 Å². The Morgan fingerprint density at radius 1 is 1.07 bits per heavy atom. The summed E-state index contributed by atoms with van der Waals surface area (Å²) in [5.74, 6) is 0.214. The second-order valence-electron chi connectivity index (χ2n) is 5.76. The normalized spacial score (nSPS) is 12.8. The van der Waals surface area contributed by atoms with Crippen LogP contribution in [0.1, 0.15) is 18.2 Å². The van der Waals surface area contributed by atoms with E-state index in [-0.39, 0.29) is 11.5 Å². The largest absolute Gasteiger partial charge is 0.416 e. The number of halogens is 3. The fourth-order valence-electron chi connectivity index (χ4n) is 2.27. The van der Waals surface area contributed by atoms with Gasteiger partial charge in [-0.1, -0.05) is 41.6 Å². The van der Waals surface area contributed by atoms with E-state index >= 15 is 0 Å². The number of hydrazone groups is 1. The summed E-state index contributed by atoms with van der Waals surface area (Å²) >= 11 is 0. The molecule has 1 aromatic heterocycles. The van der Waals surface area contributed by atoms with Crippen molar-refractivity contribution in [2.24, 2.45) is 5.10 Å². The number of nitrogens with one attached hydrogen (secondary N) is 1. The van der Waals surface area contributed by atoms with Crippen LogP contribution in [0.3, 0.4) is 0 Å². The van der Waals surface area contributed by atoms with Crippen LogP contribution >= 0.6 is 0 Å². The van der Waals surface area contributed by atoms with Gasteiger partial charge in [-0.05, 0) is 25.1 Å². The van der Waals surface area contributed by atoms with Crippen LogP contribution in [0.5, 0.6) is 0 Å². The van der Waals surface area contributed by atoms with Gasteiger partial charge >= 0.3 is 6.18 Å². The smallest absolute Gasteiger partial charge is 0.354 e. The first kappa shape index (κ1) is 19.6. The second-order valence-corrected chi connectivity index (χ2v) is 7.42. The fraction of sp³-hybridized carbons (Fsp3) is 0.111. The minimum atomic E-state index is -4.65. The third kappa shape index (κ3) is 4.39. The molecule has 0 radical (unpaired) electrons. The van der Waals surface area contributed by atoms with E-state index in [4.69, 9.17) is 4.52 Å². The highest BCUT2D eigenvalue weighted by molar-refractivity contribution is 7.89. The van der Waals surface area contributed by atoms with Gasteiger partial charge in [0.2, 0.25) is 0 Å². The predicted molar refractivity (Wildman–Crippen MR) is 95.9 cm³/mol. The maximum Gasteiger partial charge on any atom is 0.416 e. The van der Waals surface area contributed by atoms with Crippen molar-refractivity contribution >= 4 is 15.7 Å². The molecular weight excluding hydrogens is 395 g/mol. The third-order valence-corrected chi connectivity index (χ3v) is 4.95. The summed E-state index contributed by atoms with van der Waals surface area (Å²) in [4.78, 5) is 1.35. The number of alkyl halides is 3. The molecule has 10 heteroatoms. The number of sulfonamides is 1. The minimum Gasteiger partial charge on any atom is -0.354 e. The van der Waals surface area contributed by atoms with Gasteiger partial charge in [0, 0.05) is 11.6 Å². The Labute approximate surface area is 158 Å². The Hall–Kier alpha value is -3.14. The number of rotatable bonds is 5. The Morgan fingerprint density at radius 2 is 1.79 bits per heavy atom. The molecule has 6 nitrogen and oxygen atoms in total. The maximum absolute atomic E-state index is 12.8. The summed E-state index contributed by atoms with van der Waals surface area (Å²) in [7, 11) is -4.29. The molecule has 0 spiro atoms. The Kier molecular flexibility index (Phi) is 5.23. The number of benzene rings is 2. The summed E-state index contributed by atoms with van der Waals surface area (Å²) in [5.41, 5.74) is 0.421. The van der Waals surface area contributed by atoms with Crippen molar-refractivity contribution < 1.29 is 26.1 Å². The van der Waals surface area contributed by atoms with Gasteiger partial charge in [0.05, 0.1) is 10.5 Å². The molecule has 0 aliphatic carbocycles. The molecule has 0 amide bonds. The molecule has 0 bridgehead atoms. The quantitative estimate of drug-likeness (QED) is 0.509. The highest BCUT2D eigenvalue weighted by atomic mass is 32.2. The molecule has 0 unspecified atom stereocenters. The van der Waals surface area contributed by atoms with E-state index in [1.165, 1.54) is 6.92 Å². The zero-order chi connectivity index (χ0) is 20.4. The summed E-state index contributed by atoms with van der Waals surface area (Å²) < 4.78 is 68.0. The molecule has 0 aliphatic rings. The zero-order valence-electron chi connectivity index (χ0n) is 14.4. The predicted octanol–water partition coefficient (Wildman–Crippen LogP) is 4.06. The van der Waals surface area contributed by atoms with E-state index in [1.807, 2.05) is 35.2 Å². The van der Waals surface area contributed by atoms with Crippen LogP contribution in [0, 0.1) is 0 Å². The van der Waals surface area contributed by atoms with E-state index in [9.17, 15) is 21.6 Å². The molecule has 28 heavy (non-hydrogen) atoms. The third-order valence-electron chi connectivity index (χ3n) is 3.74. The second kappa shape index (κ2) is 7.47.